The molecule has 1 N–H and O–H groups in total. The van der Waals surface area contributed by atoms with Gasteiger partial charge < -0.3 is 14.8 Å². The SMILES string of the molecule is COCC(CNC(C)C)OCCN(C(C)C)C(C)C. The largest absolute Gasteiger partial charge is 0.382 e. The topological polar surface area (TPSA) is 33.7 Å². The standard InChI is InChI=1S/C15H34N2O2/c1-12(2)16-10-15(11-18-7)19-9-8-17(13(3)4)14(5)6/h12-16H,8-11H2,1-7H3. The first kappa shape index (κ1) is 18.8. The molecular formula is C15H34N2O2. The number of hydrogen-bond donors (Lipinski definition) is 1. The highest BCUT2D eigenvalue weighted by atomic mass is 16.5. The maximum Gasteiger partial charge on any atom is 0.0933 e. The number of ether oxygens (including phenoxy) is 2. The highest BCUT2D eigenvalue weighted by molar-refractivity contribution is 4.68. The van der Waals surface area contributed by atoms with E-state index in [-0.39, 0.29) is 6.10 Å². The minimum atomic E-state index is 0.133. The van der Waals surface area contributed by atoms with Crippen molar-refractivity contribution in [2.24, 2.45) is 0 Å². The summed E-state index contributed by atoms with van der Waals surface area (Å²) in [6, 6.07) is 1.59. The molecular weight excluding hydrogens is 240 g/mol. The van der Waals surface area contributed by atoms with Crippen LogP contribution in [0.2, 0.25) is 0 Å². The van der Waals surface area contributed by atoms with E-state index in [1.165, 1.54) is 0 Å². The van der Waals surface area contributed by atoms with Crippen molar-refractivity contribution in [2.75, 3.05) is 33.4 Å². The molecule has 0 radical (unpaired) electrons. The molecule has 19 heavy (non-hydrogen) atoms. The highest BCUT2D eigenvalue weighted by Crippen LogP contribution is 2.05. The molecule has 0 aromatic rings. The summed E-state index contributed by atoms with van der Waals surface area (Å²) in [6.07, 6.45) is 0.133. The molecule has 116 valence electrons. The second kappa shape index (κ2) is 10.6. The smallest absolute Gasteiger partial charge is 0.0933 e. The predicted molar refractivity (Wildman–Crippen MR) is 81.7 cm³/mol. The molecule has 0 rings (SSSR count). The number of methoxy groups -OCH3 is 1. The Labute approximate surface area is 119 Å². The molecule has 4 heteroatoms. The Bertz CT molecular complexity index is 200. The fourth-order valence-corrected chi connectivity index (χ4v) is 2.16. The monoisotopic (exact) mass is 274 g/mol. The summed E-state index contributed by atoms with van der Waals surface area (Å²) in [6.45, 7) is 16.4. The molecule has 0 amide bonds. The van der Waals surface area contributed by atoms with Crippen LogP contribution in [0.15, 0.2) is 0 Å². The Morgan fingerprint density at radius 1 is 1.00 bits per heavy atom. The van der Waals surface area contributed by atoms with Gasteiger partial charge in [-0.25, -0.2) is 0 Å². The molecule has 0 saturated carbocycles. The Hall–Kier alpha value is -0.160. The fourth-order valence-electron chi connectivity index (χ4n) is 2.16. The Kier molecular flexibility index (Phi) is 10.5. The first-order valence-electron chi connectivity index (χ1n) is 7.48. The fraction of sp³-hybridized carbons (Fsp3) is 1.00. The predicted octanol–water partition coefficient (Wildman–Crippen LogP) is 2.13. The van der Waals surface area contributed by atoms with Crippen LogP contribution < -0.4 is 5.32 Å². The molecule has 0 aliphatic carbocycles. The van der Waals surface area contributed by atoms with E-state index in [1.807, 2.05) is 0 Å². The molecule has 0 aromatic heterocycles. The van der Waals surface area contributed by atoms with Crippen molar-refractivity contribution in [3.63, 3.8) is 0 Å². The summed E-state index contributed by atoms with van der Waals surface area (Å²) in [7, 11) is 1.72. The van der Waals surface area contributed by atoms with Gasteiger partial charge in [-0.05, 0) is 27.7 Å². The van der Waals surface area contributed by atoms with E-state index in [1.54, 1.807) is 7.11 Å². The Morgan fingerprint density at radius 2 is 1.58 bits per heavy atom. The van der Waals surface area contributed by atoms with Gasteiger partial charge >= 0.3 is 0 Å². The van der Waals surface area contributed by atoms with E-state index in [9.17, 15) is 0 Å². The molecule has 4 nitrogen and oxygen atoms in total. The molecule has 0 spiro atoms. The van der Waals surface area contributed by atoms with Crippen molar-refractivity contribution < 1.29 is 9.47 Å². The highest BCUT2D eigenvalue weighted by Gasteiger charge is 2.15. The lowest BCUT2D eigenvalue weighted by Crippen LogP contribution is -2.41. The van der Waals surface area contributed by atoms with Gasteiger partial charge in [0.05, 0.1) is 19.3 Å². The van der Waals surface area contributed by atoms with Crippen LogP contribution in [-0.2, 0) is 9.47 Å². The zero-order valence-electron chi connectivity index (χ0n) is 13.9. The van der Waals surface area contributed by atoms with Gasteiger partial charge in [0.15, 0.2) is 0 Å². The second-order valence-electron chi connectivity index (χ2n) is 5.94. The van der Waals surface area contributed by atoms with E-state index >= 15 is 0 Å². The van der Waals surface area contributed by atoms with Gasteiger partial charge in [0.2, 0.25) is 0 Å². The Morgan fingerprint density at radius 3 is 2.00 bits per heavy atom. The van der Waals surface area contributed by atoms with Crippen LogP contribution in [-0.4, -0.2) is 62.5 Å². The Balaban J connectivity index is 4.02. The van der Waals surface area contributed by atoms with Crippen LogP contribution in [0.1, 0.15) is 41.5 Å². The van der Waals surface area contributed by atoms with Crippen molar-refractivity contribution in [3.8, 4) is 0 Å². The zero-order valence-corrected chi connectivity index (χ0v) is 13.9. The third-order valence-electron chi connectivity index (χ3n) is 3.14. The van der Waals surface area contributed by atoms with Crippen LogP contribution >= 0.6 is 0 Å². The average Bonchev–Trinajstić information content (AvgIpc) is 2.30. The van der Waals surface area contributed by atoms with Crippen molar-refractivity contribution >= 4 is 0 Å². The molecule has 0 bridgehead atoms. The minimum Gasteiger partial charge on any atom is -0.382 e. The van der Waals surface area contributed by atoms with Crippen LogP contribution in [0, 0.1) is 0 Å². The lowest BCUT2D eigenvalue weighted by Gasteiger charge is -2.31. The number of nitrogens with one attached hydrogen (secondary N) is 1. The summed E-state index contributed by atoms with van der Waals surface area (Å²) in [5.41, 5.74) is 0. The maximum atomic E-state index is 5.93. The molecule has 0 saturated heterocycles. The summed E-state index contributed by atoms with van der Waals surface area (Å²) < 4.78 is 11.1. The quantitative estimate of drug-likeness (QED) is 0.626. The normalized spacial score (nSPS) is 14.1. The lowest BCUT2D eigenvalue weighted by atomic mass is 10.2. The molecule has 0 heterocycles. The van der Waals surface area contributed by atoms with E-state index in [2.05, 4.69) is 51.8 Å². The molecule has 1 atom stereocenters. The molecule has 0 aromatic carbocycles. The third-order valence-corrected chi connectivity index (χ3v) is 3.14. The van der Waals surface area contributed by atoms with Crippen molar-refractivity contribution in [3.05, 3.63) is 0 Å². The zero-order chi connectivity index (χ0) is 14.8. The average molecular weight is 274 g/mol. The van der Waals surface area contributed by atoms with Gasteiger partial charge in [-0.15, -0.1) is 0 Å². The van der Waals surface area contributed by atoms with E-state index in [0.717, 1.165) is 19.7 Å². The molecule has 0 aliphatic rings. The van der Waals surface area contributed by atoms with Crippen LogP contribution in [0.5, 0.6) is 0 Å². The van der Waals surface area contributed by atoms with E-state index < -0.39 is 0 Å². The summed E-state index contributed by atoms with van der Waals surface area (Å²) in [5, 5.41) is 3.40. The second-order valence-corrected chi connectivity index (χ2v) is 5.94. The van der Waals surface area contributed by atoms with E-state index in [4.69, 9.17) is 9.47 Å². The summed E-state index contributed by atoms with van der Waals surface area (Å²) >= 11 is 0. The van der Waals surface area contributed by atoms with Crippen LogP contribution in [0.3, 0.4) is 0 Å². The number of rotatable bonds is 11. The van der Waals surface area contributed by atoms with Crippen LogP contribution in [0.4, 0.5) is 0 Å². The van der Waals surface area contributed by atoms with E-state index in [0.29, 0.717) is 24.7 Å². The third kappa shape index (κ3) is 9.38. The van der Waals surface area contributed by atoms with Gasteiger partial charge in [0.1, 0.15) is 0 Å². The minimum absolute atomic E-state index is 0.133. The first-order valence-corrected chi connectivity index (χ1v) is 7.48. The molecule has 0 fully saturated rings. The van der Waals surface area contributed by atoms with Gasteiger partial charge in [0, 0.05) is 38.3 Å². The van der Waals surface area contributed by atoms with Gasteiger partial charge in [-0.3, -0.25) is 4.90 Å². The van der Waals surface area contributed by atoms with Crippen molar-refractivity contribution in [1.29, 1.82) is 0 Å². The van der Waals surface area contributed by atoms with Crippen molar-refractivity contribution in [1.82, 2.24) is 10.2 Å². The molecule has 1 unspecified atom stereocenters. The summed E-state index contributed by atoms with van der Waals surface area (Å²) in [5.74, 6) is 0. The van der Waals surface area contributed by atoms with Crippen molar-refractivity contribution in [2.45, 2.75) is 65.8 Å². The number of nitrogens with zero attached hydrogens (tertiary/aromatic N) is 1. The summed E-state index contributed by atoms with van der Waals surface area (Å²) in [4.78, 5) is 2.44. The van der Waals surface area contributed by atoms with Crippen LogP contribution in [0.25, 0.3) is 0 Å². The molecule has 0 aliphatic heterocycles. The maximum absolute atomic E-state index is 5.93. The first-order chi connectivity index (χ1) is 8.88. The van der Waals surface area contributed by atoms with Gasteiger partial charge in [-0.2, -0.15) is 0 Å². The lowest BCUT2D eigenvalue weighted by molar-refractivity contribution is -0.0155. The van der Waals surface area contributed by atoms with Gasteiger partial charge in [-0.1, -0.05) is 13.8 Å². The number of hydrogen-bond acceptors (Lipinski definition) is 4. The van der Waals surface area contributed by atoms with Gasteiger partial charge in [0.25, 0.3) is 0 Å².